The van der Waals surface area contributed by atoms with Gasteiger partial charge in [0.1, 0.15) is 11.6 Å². The van der Waals surface area contributed by atoms with Crippen LogP contribution < -0.4 is 5.32 Å². The summed E-state index contributed by atoms with van der Waals surface area (Å²) < 4.78 is 13.5. The highest BCUT2D eigenvalue weighted by Crippen LogP contribution is 2.20. The monoisotopic (exact) mass is 196 g/mol. The molecule has 1 heterocycles. The van der Waals surface area contributed by atoms with Crippen LogP contribution in [0.4, 0.5) is 10.2 Å². The van der Waals surface area contributed by atoms with Crippen molar-refractivity contribution in [1.29, 1.82) is 0 Å². The number of halogens is 1. The fraction of sp³-hybridized carbons (Fsp3) is 0.545. The topological polar surface area (TPSA) is 24.9 Å². The summed E-state index contributed by atoms with van der Waals surface area (Å²) in [5.41, 5.74) is 1.07. The van der Waals surface area contributed by atoms with Gasteiger partial charge in [0.05, 0.1) is 0 Å². The second-order valence-electron chi connectivity index (χ2n) is 4.60. The van der Waals surface area contributed by atoms with E-state index in [0.29, 0.717) is 16.9 Å². The summed E-state index contributed by atoms with van der Waals surface area (Å²) in [5.74, 6) is 0.451. The Morgan fingerprint density at radius 2 is 1.86 bits per heavy atom. The second kappa shape index (κ2) is 3.56. The lowest BCUT2D eigenvalue weighted by Gasteiger charge is -2.22. The fourth-order valence-electron chi connectivity index (χ4n) is 1.20. The predicted molar refractivity (Wildman–Crippen MR) is 57.0 cm³/mol. The SMILES string of the molecule is Cc1cnc(NC(C)(C)C)c(C)c1F. The Morgan fingerprint density at radius 1 is 1.29 bits per heavy atom. The maximum absolute atomic E-state index is 13.5. The van der Waals surface area contributed by atoms with Crippen molar-refractivity contribution in [2.45, 2.75) is 40.2 Å². The first-order chi connectivity index (χ1) is 6.31. The first-order valence-electron chi connectivity index (χ1n) is 4.71. The number of hydrogen-bond donors (Lipinski definition) is 1. The molecule has 0 saturated carbocycles. The first kappa shape index (κ1) is 11.0. The van der Waals surface area contributed by atoms with Gasteiger partial charge < -0.3 is 5.32 Å². The van der Waals surface area contributed by atoms with Crippen molar-refractivity contribution >= 4 is 5.82 Å². The molecule has 0 bridgehead atoms. The minimum Gasteiger partial charge on any atom is -0.365 e. The summed E-state index contributed by atoms with van der Waals surface area (Å²) in [6.45, 7) is 9.52. The van der Waals surface area contributed by atoms with Crippen LogP contribution in [-0.4, -0.2) is 10.5 Å². The zero-order valence-corrected chi connectivity index (χ0v) is 9.40. The summed E-state index contributed by atoms with van der Waals surface area (Å²) in [7, 11) is 0. The molecule has 14 heavy (non-hydrogen) atoms. The number of aromatic nitrogens is 1. The molecule has 0 fully saturated rings. The minimum absolute atomic E-state index is 0.0978. The van der Waals surface area contributed by atoms with E-state index in [1.54, 1.807) is 20.0 Å². The summed E-state index contributed by atoms with van der Waals surface area (Å²) in [6, 6.07) is 0. The Balaban J connectivity index is 3.06. The molecule has 3 heteroatoms. The molecule has 0 aliphatic carbocycles. The van der Waals surface area contributed by atoms with Crippen LogP contribution in [0.25, 0.3) is 0 Å². The van der Waals surface area contributed by atoms with Crippen LogP contribution in [0.2, 0.25) is 0 Å². The summed E-state index contributed by atoms with van der Waals surface area (Å²) in [6.07, 6.45) is 1.55. The molecule has 0 radical (unpaired) electrons. The van der Waals surface area contributed by atoms with Crippen molar-refractivity contribution < 1.29 is 4.39 Å². The standard InChI is InChI=1S/C11H17FN2/c1-7-6-13-10(8(2)9(7)12)14-11(3,4)5/h6H,1-5H3,(H,13,14). The van der Waals surface area contributed by atoms with Crippen LogP contribution in [0.3, 0.4) is 0 Å². The van der Waals surface area contributed by atoms with E-state index in [0.717, 1.165) is 0 Å². The molecule has 1 rings (SSSR count). The van der Waals surface area contributed by atoms with E-state index in [1.807, 2.05) is 20.8 Å². The molecule has 1 N–H and O–H groups in total. The third-order valence-corrected chi connectivity index (χ3v) is 1.91. The van der Waals surface area contributed by atoms with Gasteiger partial charge in [-0.3, -0.25) is 0 Å². The average molecular weight is 196 g/mol. The highest BCUT2D eigenvalue weighted by Gasteiger charge is 2.14. The summed E-state index contributed by atoms with van der Waals surface area (Å²) in [4.78, 5) is 4.17. The van der Waals surface area contributed by atoms with E-state index in [2.05, 4.69) is 10.3 Å². The van der Waals surface area contributed by atoms with Crippen LogP contribution in [0.5, 0.6) is 0 Å². The highest BCUT2D eigenvalue weighted by molar-refractivity contribution is 5.46. The fourth-order valence-corrected chi connectivity index (χ4v) is 1.20. The second-order valence-corrected chi connectivity index (χ2v) is 4.60. The smallest absolute Gasteiger partial charge is 0.134 e. The largest absolute Gasteiger partial charge is 0.365 e. The lowest BCUT2D eigenvalue weighted by molar-refractivity contribution is 0.598. The molecule has 0 amide bonds. The molecule has 0 unspecified atom stereocenters. The van der Waals surface area contributed by atoms with Crippen molar-refractivity contribution in [3.8, 4) is 0 Å². The molecule has 0 aliphatic rings. The molecule has 0 atom stereocenters. The molecular weight excluding hydrogens is 179 g/mol. The molecule has 0 aromatic carbocycles. The van der Waals surface area contributed by atoms with Crippen molar-refractivity contribution in [3.05, 3.63) is 23.1 Å². The normalized spacial score (nSPS) is 11.6. The van der Waals surface area contributed by atoms with Gasteiger partial charge >= 0.3 is 0 Å². The van der Waals surface area contributed by atoms with E-state index in [4.69, 9.17) is 0 Å². The van der Waals surface area contributed by atoms with Gasteiger partial charge in [-0.05, 0) is 34.6 Å². The summed E-state index contributed by atoms with van der Waals surface area (Å²) >= 11 is 0. The molecule has 1 aromatic heterocycles. The van der Waals surface area contributed by atoms with E-state index >= 15 is 0 Å². The quantitative estimate of drug-likeness (QED) is 0.746. The molecule has 2 nitrogen and oxygen atoms in total. The maximum atomic E-state index is 13.5. The number of pyridine rings is 1. The van der Waals surface area contributed by atoms with Gasteiger partial charge in [-0.25, -0.2) is 9.37 Å². The van der Waals surface area contributed by atoms with Gasteiger partial charge in [0.25, 0.3) is 0 Å². The van der Waals surface area contributed by atoms with Crippen LogP contribution in [0.15, 0.2) is 6.20 Å². The van der Waals surface area contributed by atoms with Crippen LogP contribution in [0, 0.1) is 19.7 Å². The van der Waals surface area contributed by atoms with Crippen LogP contribution in [-0.2, 0) is 0 Å². The van der Waals surface area contributed by atoms with Crippen molar-refractivity contribution in [2.24, 2.45) is 0 Å². The molecular formula is C11H17FN2. The van der Waals surface area contributed by atoms with E-state index in [9.17, 15) is 4.39 Å². The van der Waals surface area contributed by atoms with Gasteiger partial charge in [0, 0.05) is 22.9 Å². The van der Waals surface area contributed by atoms with Crippen molar-refractivity contribution in [1.82, 2.24) is 4.98 Å². The van der Waals surface area contributed by atoms with Crippen LogP contribution in [0.1, 0.15) is 31.9 Å². The van der Waals surface area contributed by atoms with Gasteiger partial charge in [-0.2, -0.15) is 0 Å². The predicted octanol–water partition coefficient (Wildman–Crippen LogP) is 3.05. The maximum Gasteiger partial charge on any atom is 0.134 e. The summed E-state index contributed by atoms with van der Waals surface area (Å²) in [5, 5.41) is 3.17. The third-order valence-electron chi connectivity index (χ3n) is 1.91. The zero-order valence-electron chi connectivity index (χ0n) is 9.40. The Hall–Kier alpha value is -1.12. The number of nitrogens with one attached hydrogen (secondary N) is 1. The third kappa shape index (κ3) is 2.44. The van der Waals surface area contributed by atoms with Gasteiger partial charge in [-0.1, -0.05) is 0 Å². The Bertz CT molecular complexity index is 340. The van der Waals surface area contributed by atoms with Gasteiger partial charge in [-0.15, -0.1) is 0 Å². The Kier molecular flexibility index (Phi) is 2.79. The minimum atomic E-state index is -0.174. The van der Waals surface area contributed by atoms with Crippen molar-refractivity contribution in [3.63, 3.8) is 0 Å². The van der Waals surface area contributed by atoms with Crippen molar-refractivity contribution in [2.75, 3.05) is 5.32 Å². The number of aryl methyl sites for hydroxylation is 1. The van der Waals surface area contributed by atoms with E-state index in [1.165, 1.54) is 0 Å². The molecule has 0 spiro atoms. The zero-order chi connectivity index (χ0) is 10.9. The molecule has 78 valence electrons. The molecule has 1 aromatic rings. The first-order valence-corrected chi connectivity index (χ1v) is 4.71. The van der Waals surface area contributed by atoms with Gasteiger partial charge in [0.2, 0.25) is 0 Å². The molecule has 0 aliphatic heterocycles. The van der Waals surface area contributed by atoms with Crippen LogP contribution >= 0.6 is 0 Å². The van der Waals surface area contributed by atoms with E-state index in [-0.39, 0.29) is 11.4 Å². The van der Waals surface area contributed by atoms with Gasteiger partial charge in [0.15, 0.2) is 0 Å². The number of anilines is 1. The average Bonchev–Trinajstić information content (AvgIpc) is 2.04. The Morgan fingerprint density at radius 3 is 2.36 bits per heavy atom. The lowest BCUT2D eigenvalue weighted by Crippen LogP contribution is -2.27. The lowest BCUT2D eigenvalue weighted by atomic mass is 10.1. The number of hydrogen-bond acceptors (Lipinski definition) is 2. The number of nitrogens with zero attached hydrogens (tertiary/aromatic N) is 1. The Labute approximate surface area is 84.6 Å². The number of rotatable bonds is 1. The molecule has 0 saturated heterocycles. The van der Waals surface area contributed by atoms with E-state index < -0.39 is 0 Å². The highest BCUT2D eigenvalue weighted by atomic mass is 19.1.